The Kier molecular flexibility index (Phi) is 8.03. The van der Waals surface area contributed by atoms with Gasteiger partial charge in [-0.25, -0.2) is 0 Å². The van der Waals surface area contributed by atoms with Crippen LogP contribution < -0.4 is 24.8 Å². The largest absolute Gasteiger partial charge is 1.00 e. The number of hydrogen-bond acceptors (Lipinski definition) is 0. The first-order chi connectivity index (χ1) is 14.1. The molecule has 0 saturated carbocycles. The molecule has 4 heteroatoms. The van der Waals surface area contributed by atoms with Crippen LogP contribution in [0.25, 0.3) is 23.3 Å². The minimum absolute atomic E-state index is 0. The quantitative estimate of drug-likeness (QED) is 0.442. The van der Waals surface area contributed by atoms with Gasteiger partial charge in [0.2, 0.25) is 0 Å². The number of halogens is 2. The Morgan fingerprint density at radius 3 is 2.19 bits per heavy atom. The van der Waals surface area contributed by atoms with E-state index < -0.39 is 20.4 Å². The van der Waals surface area contributed by atoms with E-state index in [0.717, 1.165) is 3.63 Å². The van der Waals surface area contributed by atoms with Crippen molar-refractivity contribution < 1.29 is 45.2 Å². The van der Waals surface area contributed by atoms with E-state index in [1.165, 1.54) is 22.3 Å². The molecule has 0 radical (unpaired) electrons. The van der Waals surface area contributed by atoms with E-state index in [2.05, 4.69) is 111 Å². The predicted octanol–water partition coefficient (Wildman–Crippen LogP) is 1.46. The van der Waals surface area contributed by atoms with Gasteiger partial charge >= 0.3 is 183 Å². The van der Waals surface area contributed by atoms with Crippen molar-refractivity contribution in [1.82, 2.24) is 0 Å². The maximum Gasteiger partial charge on any atom is -1.00 e. The van der Waals surface area contributed by atoms with Crippen LogP contribution in [0.4, 0.5) is 0 Å². The van der Waals surface area contributed by atoms with Crippen LogP contribution in [0, 0.1) is 0 Å². The molecule has 0 aromatic heterocycles. The topological polar surface area (TPSA) is 0 Å². The first-order valence-corrected chi connectivity index (χ1v) is 19.5. The number of benzene rings is 3. The zero-order valence-electron chi connectivity index (χ0n) is 18.1. The summed E-state index contributed by atoms with van der Waals surface area (Å²) < 4.78 is 1.43. The summed E-state index contributed by atoms with van der Waals surface area (Å²) in [6, 6.07) is 27.0. The van der Waals surface area contributed by atoms with E-state index >= 15 is 0 Å². The standard InChI is InChI=1S/C16H13.C9H7.C2H6Si.2ClH.Zr/c1-12-10-14-8-5-9-15(16(14)11-12)13-6-3-2-4-7-13;1-2-5-9-7-3-6-8(9)4-1;1-3-2;;;/h2-11H,1H3;1-7H;1-2H3;2*1H;/q;;;;;+2/p-2. The summed E-state index contributed by atoms with van der Waals surface area (Å²) in [6.07, 6.45) is 7.46. The molecule has 0 bridgehead atoms. The maximum atomic E-state index is 2.58. The molecule has 2 aliphatic carbocycles. The van der Waals surface area contributed by atoms with Crippen LogP contribution in [0.1, 0.15) is 36.4 Å². The second-order valence-corrected chi connectivity index (χ2v) is 26.4. The number of allylic oxidation sites excluding steroid dienone is 2. The Balaban J connectivity index is 0.00000136. The van der Waals surface area contributed by atoms with Gasteiger partial charge in [0.05, 0.1) is 0 Å². The van der Waals surface area contributed by atoms with Gasteiger partial charge in [-0.3, -0.25) is 0 Å². The van der Waals surface area contributed by atoms with E-state index in [0.29, 0.717) is 3.63 Å². The van der Waals surface area contributed by atoms with Gasteiger partial charge in [-0.05, 0) is 0 Å². The van der Waals surface area contributed by atoms with Crippen LogP contribution in [0.2, 0.25) is 13.1 Å². The average Bonchev–Trinajstić information content (AvgIpc) is 3.30. The van der Waals surface area contributed by atoms with Crippen molar-refractivity contribution in [1.29, 1.82) is 0 Å². The molecule has 0 amide bonds. The van der Waals surface area contributed by atoms with Crippen molar-refractivity contribution in [3.63, 3.8) is 0 Å². The molecule has 2 aliphatic rings. The molecule has 31 heavy (non-hydrogen) atoms. The zero-order chi connectivity index (χ0) is 20.0. The summed E-state index contributed by atoms with van der Waals surface area (Å²) in [4.78, 5) is 0. The fourth-order valence-corrected chi connectivity index (χ4v) is 24.9. The van der Waals surface area contributed by atoms with Crippen molar-refractivity contribution in [2.75, 3.05) is 0 Å². The summed E-state index contributed by atoms with van der Waals surface area (Å²) in [5.41, 5.74) is 10.2. The van der Waals surface area contributed by atoms with Crippen molar-refractivity contribution in [3.05, 3.63) is 107 Å². The third-order valence-corrected chi connectivity index (χ3v) is 25.9. The first kappa shape index (κ1) is 24.5. The molecule has 156 valence electrons. The molecular weight excluding hydrogens is 515 g/mol. The van der Waals surface area contributed by atoms with E-state index in [-0.39, 0.29) is 30.2 Å². The predicted molar refractivity (Wildman–Crippen MR) is 124 cm³/mol. The van der Waals surface area contributed by atoms with E-state index in [4.69, 9.17) is 0 Å². The number of rotatable bonds is 3. The van der Waals surface area contributed by atoms with E-state index in [1.807, 2.05) is 0 Å². The summed E-state index contributed by atoms with van der Waals surface area (Å²) in [5, 5.41) is 0. The second kappa shape index (κ2) is 10.2. The zero-order valence-corrected chi connectivity index (χ0v) is 23.0. The molecule has 3 aromatic carbocycles. The Labute approximate surface area is 206 Å². The Bertz CT molecular complexity index is 1190. The van der Waals surface area contributed by atoms with Gasteiger partial charge in [0, 0.05) is 0 Å². The molecular formula is C27H26Cl2SiZr. The van der Waals surface area contributed by atoms with Gasteiger partial charge in [0.1, 0.15) is 0 Å². The summed E-state index contributed by atoms with van der Waals surface area (Å²) >= 11 is -1.85. The fourth-order valence-electron chi connectivity index (χ4n) is 5.13. The first-order valence-electron chi connectivity index (χ1n) is 10.5. The van der Waals surface area contributed by atoms with Gasteiger partial charge < -0.3 is 24.8 Å². The normalized spacial score (nSPS) is 17.4. The van der Waals surface area contributed by atoms with E-state index in [9.17, 15) is 0 Å². The summed E-state index contributed by atoms with van der Waals surface area (Å²) in [5.74, 6) is 0. The molecule has 0 spiro atoms. The van der Waals surface area contributed by atoms with Crippen LogP contribution >= 0.6 is 0 Å². The minimum atomic E-state index is -1.85. The van der Waals surface area contributed by atoms with Crippen molar-refractivity contribution in [2.24, 2.45) is 0 Å². The molecule has 0 fully saturated rings. The second-order valence-electron chi connectivity index (χ2n) is 8.42. The monoisotopic (exact) mass is 538 g/mol. The van der Waals surface area contributed by atoms with Crippen molar-refractivity contribution >= 4 is 17.6 Å². The summed E-state index contributed by atoms with van der Waals surface area (Å²) in [7, 11) is 0. The third kappa shape index (κ3) is 4.38. The SMILES string of the molecule is CC1=Cc2c(-c3ccccc3)cccc2[CH]1[Zr+2]([CH]1C=Cc2ccccc21)=[Si](C)C.[Cl-].[Cl-]. The van der Waals surface area contributed by atoms with Gasteiger partial charge in [0.25, 0.3) is 0 Å². The fraction of sp³-hybridized carbons (Fsp3) is 0.185. The molecule has 2 unspecified atom stereocenters. The smallest absolute Gasteiger partial charge is 1.00 e. The molecule has 0 heterocycles. The van der Waals surface area contributed by atoms with Gasteiger partial charge in [-0.1, -0.05) is 0 Å². The number of fused-ring (bicyclic) bond motifs is 2. The van der Waals surface area contributed by atoms with Crippen LogP contribution in [0.5, 0.6) is 0 Å². The Morgan fingerprint density at radius 2 is 1.45 bits per heavy atom. The maximum absolute atomic E-state index is 2.58. The van der Waals surface area contributed by atoms with Crippen LogP contribution in [0.15, 0.2) is 84.4 Å². The van der Waals surface area contributed by atoms with Gasteiger partial charge in [-0.2, -0.15) is 0 Å². The van der Waals surface area contributed by atoms with Crippen LogP contribution in [-0.2, 0) is 20.4 Å². The minimum Gasteiger partial charge on any atom is -1.00 e. The average molecular weight is 541 g/mol. The van der Waals surface area contributed by atoms with Crippen LogP contribution in [-0.4, -0.2) is 5.43 Å². The third-order valence-electron chi connectivity index (χ3n) is 6.39. The molecule has 0 aliphatic heterocycles. The molecule has 5 rings (SSSR count). The number of hydrogen-bond donors (Lipinski definition) is 0. The molecule has 3 aromatic rings. The Morgan fingerprint density at radius 1 is 0.774 bits per heavy atom. The van der Waals surface area contributed by atoms with Crippen molar-refractivity contribution in [3.8, 4) is 11.1 Å². The van der Waals surface area contributed by atoms with E-state index in [1.54, 1.807) is 16.7 Å². The van der Waals surface area contributed by atoms with Crippen molar-refractivity contribution in [2.45, 2.75) is 27.3 Å². The van der Waals surface area contributed by atoms with Crippen LogP contribution in [0.3, 0.4) is 0 Å². The van der Waals surface area contributed by atoms with Gasteiger partial charge in [0.15, 0.2) is 0 Å². The molecule has 0 saturated heterocycles. The summed E-state index contributed by atoms with van der Waals surface area (Å²) in [6.45, 7) is 7.57. The molecule has 2 atom stereocenters. The molecule has 0 N–H and O–H groups in total. The Hall–Kier alpha value is -1.18. The molecule has 0 nitrogen and oxygen atoms in total. The van der Waals surface area contributed by atoms with Gasteiger partial charge in [-0.15, -0.1) is 0 Å².